The van der Waals surface area contributed by atoms with Crippen LogP contribution in [0.4, 0.5) is 0 Å². The molecule has 0 aromatic carbocycles. The molecule has 0 aromatic rings. The SMILES string of the molecule is CC(C)NC(=O)CNC1CCN(C)CC1. The molecule has 15 heavy (non-hydrogen) atoms. The highest BCUT2D eigenvalue weighted by molar-refractivity contribution is 5.78. The van der Waals surface area contributed by atoms with E-state index in [2.05, 4.69) is 22.6 Å². The minimum atomic E-state index is 0.101. The number of nitrogens with zero attached hydrogens (tertiary/aromatic N) is 1. The summed E-state index contributed by atoms with van der Waals surface area (Å²) in [7, 11) is 2.14. The van der Waals surface area contributed by atoms with E-state index in [-0.39, 0.29) is 11.9 Å². The first-order valence-corrected chi connectivity index (χ1v) is 5.79. The van der Waals surface area contributed by atoms with Crippen molar-refractivity contribution in [2.45, 2.75) is 38.8 Å². The highest BCUT2D eigenvalue weighted by atomic mass is 16.1. The number of piperidine rings is 1. The van der Waals surface area contributed by atoms with E-state index in [0.717, 1.165) is 25.9 Å². The fourth-order valence-corrected chi connectivity index (χ4v) is 1.82. The van der Waals surface area contributed by atoms with Gasteiger partial charge in [0.15, 0.2) is 0 Å². The average molecular weight is 213 g/mol. The first-order valence-electron chi connectivity index (χ1n) is 5.79. The Labute approximate surface area is 92.4 Å². The molecule has 1 saturated heterocycles. The van der Waals surface area contributed by atoms with Crippen LogP contribution in [0.5, 0.6) is 0 Å². The molecular formula is C11H23N3O. The van der Waals surface area contributed by atoms with Crippen molar-refractivity contribution in [2.75, 3.05) is 26.7 Å². The Bertz CT molecular complexity index is 198. The van der Waals surface area contributed by atoms with Gasteiger partial charge in [0.1, 0.15) is 0 Å². The number of amides is 1. The van der Waals surface area contributed by atoms with Gasteiger partial charge in [-0.25, -0.2) is 0 Å². The first kappa shape index (κ1) is 12.5. The van der Waals surface area contributed by atoms with Crippen molar-refractivity contribution in [1.29, 1.82) is 0 Å². The lowest BCUT2D eigenvalue weighted by Gasteiger charge is -2.29. The molecule has 1 fully saturated rings. The van der Waals surface area contributed by atoms with E-state index in [1.165, 1.54) is 0 Å². The molecule has 4 heteroatoms. The molecule has 1 aliphatic heterocycles. The van der Waals surface area contributed by atoms with Crippen molar-refractivity contribution in [2.24, 2.45) is 0 Å². The Kier molecular flexibility index (Phi) is 5.05. The van der Waals surface area contributed by atoms with Crippen LogP contribution >= 0.6 is 0 Å². The van der Waals surface area contributed by atoms with Gasteiger partial charge in [-0.3, -0.25) is 4.79 Å². The lowest BCUT2D eigenvalue weighted by Crippen LogP contribution is -2.45. The van der Waals surface area contributed by atoms with Crippen molar-refractivity contribution in [3.63, 3.8) is 0 Å². The fraction of sp³-hybridized carbons (Fsp3) is 0.909. The van der Waals surface area contributed by atoms with Crippen molar-refractivity contribution in [3.8, 4) is 0 Å². The molecule has 0 unspecified atom stereocenters. The number of rotatable bonds is 4. The second kappa shape index (κ2) is 6.08. The van der Waals surface area contributed by atoms with Crippen LogP contribution in [-0.4, -0.2) is 49.6 Å². The molecular weight excluding hydrogens is 190 g/mol. The van der Waals surface area contributed by atoms with Gasteiger partial charge in [-0.2, -0.15) is 0 Å². The third-order valence-corrected chi connectivity index (χ3v) is 2.72. The molecule has 0 aliphatic carbocycles. The third-order valence-electron chi connectivity index (χ3n) is 2.72. The monoisotopic (exact) mass is 213 g/mol. The van der Waals surface area contributed by atoms with E-state index in [4.69, 9.17) is 0 Å². The molecule has 88 valence electrons. The van der Waals surface area contributed by atoms with Gasteiger partial charge in [-0.15, -0.1) is 0 Å². The van der Waals surface area contributed by atoms with Crippen molar-refractivity contribution in [3.05, 3.63) is 0 Å². The summed E-state index contributed by atoms with van der Waals surface area (Å²) < 4.78 is 0. The van der Waals surface area contributed by atoms with Crippen molar-refractivity contribution < 1.29 is 4.79 Å². The van der Waals surface area contributed by atoms with Crippen LogP contribution in [0.15, 0.2) is 0 Å². The van der Waals surface area contributed by atoms with Gasteiger partial charge in [0, 0.05) is 12.1 Å². The van der Waals surface area contributed by atoms with Crippen molar-refractivity contribution in [1.82, 2.24) is 15.5 Å². The molecule has 0 spiro atoms. The van der Waals surface area contributed by atoms with E-state index < -0.39 is 0 Å². The normalized spacial score (nSPS) is 19.5. The molecule has 0 saturated carbocycles. The first-order chi connectivity index (χ1) is 7.08. The second-order valence-electron chi connectivity index (χ2n) is 4.68. The van der Waals surface area contributed by atoms with Gasteiger partial charge < -0.3 is 15.5 Å². The van der Waals surface area contributed by atoms with E-state index in [9.17, 15) is 4.79 Å². The van der Waals surface area contributed by atoms with E-state index in [1.54, 1.807) is 0 Å². The zero-order valence-electron chi connectivity index (χ0n) is 10.0. The molecule has 0 bridgehead atoms. The number of carbonyl (C=O) groups excluding carboxylic acids is 1. The van der Waals surface area contributed by atoms with Crippen LogP contribution in [0, 0.1) is 0 Å². The van der Waals surface area contributed by atoms with Gasteiger partial charge in [0.2, 0.25) is 5.91 Å². The maximum Gasteiger partial charge on any atom is 0.234 e. The average Bonchev–Trinajstić information content (AvgIpc) is 2.16. The molecule has 2 N–H and O–H groups in total. The minimum Gasteiger partial charge on any atom is -0.353 e. The number of likely N-dealkylation sites (tertiary alicyclic amines) is 1. The number of carbonyl (C=O) groups is 1. The highest BCUT2D eigenvalue weighted by Gasteiger charge is 2.16. The zero-order chi connectivity index (χ0) is 11.3. The van der Waals surface area contributed by atoms with Crippen LogP contribution in [0.1, 0.15) is 26.7 Å². The Hall–Kier alpha value is -0.610. The molecule has 1 amide bonds. The predicted octanol–water partition coefficient (Wildman–Crippen LogP) is 0.195. The summed E-state index contributed by atoms with van der Waals surface area (Å²) in [6.07, 6.45) is 2.29. The van der Waals surface area contributed by atoms with E-state index >= 15 is 0 Å². The summed E-state index contributed by atoms with van der Waals surface area (Å²) in [6, 6.07) is 0.746. The smallest absolute Gasteiger partial charge is 0.234 e. The molecule has 1 heterocycles. The molecule has 1 rings (SSSR count). The van der Waals surface area contributed by atoms with Gasteiger partial charge in [-0.1, -0.05) is 0 Å². The third kappa shape index (κ3) is 5.14. The van der Waals surface area contributed by atoms with Gasteiger partial charge >= 0.3 is 0 Å². The number of hydrogen-bond donors (Lipinski definition) is 2. The molecule has 0 atom stereocenters. The molecule has 4 nitrogen and oxygen atoms in total. The summed E-state index contributed by atoms with van der Waals surface area (Å²) in [5.74, 6) is 0.101. The van der Waals surface area contributed by atoms with Crippen LogP contribution in [0.2, 0.25) is 0 Å². The number of hydrogen-bond acceptors (Lipinski definition) is 3. The predicted molar refractivity (Wildman–Crippen MR) is 61.8 cm³/mol. The Morgan fingerprint density at radius 1 is 1.40 bits per heavy atom. The maximum absolute atomic E-state index is 11.4. The Balaban J connectivity index is 2.12. The highest BCUT2D eigenvalue weighted by Crippen LogP contribution is 2.07. The van der Waals surface area contributed by atoms with Crippen LogP contribution in [-0.2, 0) is 4.79 Å². The van der Waals surface area contributed by atoms with Crippen molar-refractivity contribution >= 4 is 5.91 Å². The maximum atomic E-state index is 11.4. The van der Waals surface area contributed by atoms with Crippen LogP contribution in [0.3, 0.4) is 0 Å². The number of nitrogens with one attached hydrogen (secondary N) is 2. The van der Waals surface area contributed by atoms with Gasteiger partial charge in [0.25, 0.3) is 0 Å². The quantitative estimate of drug-likeness (QED) is 0.701. The van der Waals surface area contributed by atoms with Crippen LogP contribution < -0.4 is 10.6 Å². The summed E-state index contributed by atoms with van der Waals surface area (Å²) >= 11 is 0. The van der Waals surface area contributed by atoms with Crippen LogP contribution in [0.25, 0.3) is 0 Å². The Morgan fingerprint density at radius 2 is 2.00 bits per heavy atom. The van der Waals surface area contributed by atoms with E-state index in [1.807, 2.05) is 13.8 Å². The topological polar surface area (TPSA) is 44.4 Å². The van der Waals surface area contributed by atoms with E-state index in [0.29, 0.717) is 12.6 Å². The zero-order valence-corrected chi connectivity index (χ0v) is 10.0. The standard InChI is InChI=1S/C11H23N3O/c1-9(2)13-11(15)8-12-10-4-6-14(3)7-5-10/h9-10,12H,4-8H2,1-3H3,(H,13,15). The lowest BCUT2D eigenvalue weighted by atomic mass is 10.1. The summed E-state index contributed by atoms with van der Waals surface area (Å²) in [5.41, 5.74) is 0. The van der Waals surface area contributed by atoms with Gasteiger partial charge in [-0.05, 0) is 46.8 Å². The lowest BCUT2D eigenvalue weighted by molar-refractivity contribution is -0.120. The summed E-state index contributed by atoms with van der Waals surface area (Å²) in [5, 5.41) is 6.19. The molecule has 0 radical (unpaired) electrons. The molecule has 1 aliphatic rings. The largest absolute Gasteiger partial charge is 0.353 e. The second-order valence-corrected chi connectivity index (χ2v) is 4.68. The molecule has 0 aromatic heterocycles. The summed E-state index contributed by atoms with van der Waals surface area (Å²) in [4.78, 5) is 13.7. The summed E-state index contributed by atoms with van der Waals surface area (Å²) in [6.45, 7) is 6.67. The Morgan fingerprint density at radius 3 is 2.53 bits per heavy atom. The fourth-order valence-electron chi connectivity index (χ4n) is 1.82. The van der Waals surface area contributed by atoms with Gasteiger partial charge in [0.05, 0.1) is 6.54 Å². The minimum absolute atomic E-state index is 0.101.